The number of benzene rings is 1. The van der Waals surface area contributed by atoms with Crippen LogP contribution in [0.4, 0.5) is 5.69 Å². The van der Waals surface area contributed by atoms with Crippen molar-refractivity contribution in [3.63, 3.8) is 0 Å². The van der Waals surface area contributed by atoms with Crippen LogP contribution in [-0.4, -0.2) is 42.2 Å². The number of aliphatic hydroxyl groups is 1. The van der Waals surface area contributed by atoms with Crippen molar-refractivity contribution >= 4 is 11.6 Å². The largest absolute Gasteiger partial charge is 0.396 e. The summed E-state index contributed by atoms with van der Waals surface area (Å²) in [6.45, 7) is 5.13. The molecule has 110 valence electrons. The fourth-order valence-electron chi connectivity index (χ4n) is 2.72. The summed E-state index contributed by atoms with van der Waals surface area (Å²) in [4.78, 5) is 14.3. The number of hydrogen-bond donors (Lipinski definition) is 2. The third-order valence-electron chi connectivity index (χ3n) is 3.98. The van der Waals surface area contributed by atoms with E-state index in [-0.39, 0.29) is 12.5 Å². The van der Waals surface area contributed by atoms with Crippen molar-refractivity contribution in [1.82, 2.24) is 4.90 Å². The van der Waals surface area contributed by atoms with Gasteiger partial charge in [-0.2, -0.15) is 0 Å². The van der Waals surface area contributed by atoms with Gasteiger partial charge in [0, 0.05) is 31.8 Å². The summed E-state index contributed by atoms with van der Waals surface area (Å²) in [5, 5.41) is 11.9. The quantitative estimate of drug-likeness (QED) is 0.836. The van der Waals surface area contributed by atoms with E-state index in [1.54, 1.807) is 0 Å². The van der Waals surface area contributed by atoms with E-state index in [9.17, 15) is 4.79 Å². The second-order valence-corrected chi connectivity index (χ2v) is 5.58. The molecule has 2 rings (SSSR count). The first kappa shape index (κ1) is 15.0. The predicted octanol–water partition coefficient (Wildman–Crippen LogP) is 2.03. The van der Waals surface area contributed by atoms with Crippen molar-refractivity contribution in [2.45, 2.75) is 26.2 Å². The Hall–Kier alpha value is -1.39. The van der Waals surface area contributed by atoms with Crippen LogP contribution in [0, 0.1) is 12.8 Å². The Morgan fingerprint density at radius 1 is 1.45 bits per heavy atom. The summed E-state index contributed by atoms with van der Waals surface area (Å²) in [7, 11) is 0. The van der Waals surface area contributed by atoms with Gasteiger partial charge < -0.3 is 15.3 Å². The molecule has 0 aliphatic carbocycles. The molecule has 1 aliphatic heterocycles. The second-order valence-electron chi connectivity index (χ2n) is 5.58. The number of aliphatic hydroxyl groups excluding tert-OH is 1. The summed E-state index contributed by atoms with van der Waals surface area (Å²) in [6, 6.07) is 7.83. The number of rotatable bonds is 6. The number of likely N-dealkylation sites (tertiary alicyclic amines) is 1. The van der Waals surface area contributed by atoms with Gasteiger partial charge in [0.05, 0.1) is 0 Å². The van der Waals surface area contributed by atoms with Crippen molar-refractivity contribution in [2.75, 3.05) is 31.6 Å². The number of anilines is 1. The molecule has 1 unspecified atom stereocenters. The van der Waals surface area contributed by atoms with Crippen molar-refractivity contribution in [1.29, 1.82) is 0 Å². The molecule has 20 heavy (non-hydrogen) atoms. The van der Waals surface area contributed by atoms with Crippen LogP contribution in [0.5, 0.6) is 0 Å². The summed E-state index contributed by atoms with van der Waals surface area (Å²) < 4.78 is 0. The number of para-hydroxylation sites is 1. The molecule has 1 aliphatic rings. The second kappa shape index (κ2) is 7.41. The zero-order valence-corrected chi connectivity index (χ0v) is 12.1. The number of carbonyl (C=O) groups excluding carboxylic acids is 1. The van der Waals surface area contributed by atoms with Gasteiger partial charge in [-0.25, -0.2) is 0 Å². The molecule has 4 heteroatoms. The summed E-state index contributed by atoms with van der Waals surface area (Å²) in [5.41, 5.74) is 1.99. The van der Waals surface area contributed by atoms with Crippen molar-refractivity contribution in [3.8, 4) is 0 Å². The van der Waals surface area contributed by atoms with E-state index in [0.29, 0.717) is 12.3 Å². The summed E-state index contributed by atoms with van der Waals surface area (Å²) in [6.07, 6.45) is 2.55. The highest BCUT2D eigenvalue weighted by Crippen LogP contribution is 2.19. The highest BCUT2D eigenvalue weighted by atomic mass is 16.3. The van der Waals surface area contributed by atoms with Crippen LogP contribution in [0.25, 0.3) is 0 Å². The molecule has 1 aromatic carbocycles. The minimum absolute atomic E-state index is 0.0740. The van der Waals surface area contributed by atoms with Gasteiger partial charge in [-0.15, -0.1) is 0 Å². The summed E-state index contributed by atoms with van der Waals surface area (Å²) in [5.74, 6) is 0.671. The molecule has 0 radical (unpaired) electrons. The third kappa shape index (κ3) is 4.32. The van der Waals surface area contributed by atoms with E-state index >= 15 is 0 Å². The van der Waals surface area contributed by atoms with Crippen molar-refractivity contribution < 1.29 is 9.90 Å². The maximum Gasteiger partial charge on any atom is 0.225 e. The standard InChI is InChI=1S/C16H24N2O2/c1-13-4-2-3-5-15(13)17-16(20)7-10-18-9-6-14(12-18)8-11-19/h2-5,14,19H,6-12H2,1H3,(H,17,20). The third-order valence-corrected chi connectivity index (χ3v) is 3.98. The molecule has 0 spiro atoms. The molecule has 1 aromatic rings. The number of hydrogen-bond acceptors (Lipinski definition) is 3. The van der Waals surface area contributed by atoms with Crippen LogP contribution >= 0.6 is 0 Å². The van der Waals surface area contributed by atoms with Crippen LogP contribution in [-0.2, 0) is 4.79 Å². The monoisotopic (exact) mass is 276 g/mol. The van der Waals surface area contributed by atoms with Crippen molar-refractivity contribution in [3.05, 3.63) is 29.8 Å². The molecule has 1 saturated heterocycles. The zero-order valence-electron chi connectivity index (χ0n) is 12.1. The highest BCUT2D eigenvalue weighted by Gasteiger charge is 2.22. The van der Waals surface area contributed by atoms with Gasteiger partial charge in [0.15, 0.2) is 0 Å². The number of amides is 1. The summed E-state index contributed by atoms with van der Waals surface area (Å²) >= 11 is 0. The van der Waals surface area contributed by atoms with Gasteiger partial charge in [-0.1, -0.05) is 18.2 Å². The number of aryl methyl sites for hydroxylation is 1. The smallest absolute Gasteiger partial charge is 0.225 e. The Kier molecular flexibility index (Phi) is 5.56. The highest BCUT2D eigenvalue weighted by molar-refractivity contribution is 5.91. The lowest BCUT2D eigenvalue weighted by molar-refractivity contribution is -0.116. The first-order valence-electron chi connectivity index (χ1n) is 7.37. The first-order valence-corrected chi connectivity index (χ1v) is 7.37. The number of nitrogens with zero attached hydrogens (tertiary/aromatic N) is 1. The van der Waals surface area contributed by atoms with Gasteiger partial charge >= 0.3 is 0 Å². The van der Waals surface area contributed by atoms with Crippen LogP contribution in [0.1, 0.15) is 24.8 Å². The Balaban J connectivity index is 1.72. The lowest BCUT2D eigenvalue weighted by Gasteiger charge is -2.15. The molecule has 1 fully saturated rings. The van der Waals surface area contributed by atoms with Gasteiger partial charge in [-0.3, -0.25) is 4.79 Å². The Bertz CT molecular complexity index is 448. The Morgan fingerprint density at radius 2 is 2.25 bits per heavy atom. The van der Waals surface area contributed by atoms with Gasteiger partial charge in [-0.05, 0) is 43.9 Å². The van der Waals surface area contributed by atoms with E-state index in [1.807, 2.05) is 31.2 Å². The van der Waals surface area contributed by atoms with E-state index in [0.717, 1.165) is 43.7 Å². The minimum atomic E-state index is 0.0740. The molecular formula is C16H24N2O2. The van der Waals surface area contributed by atoms with Crippen LogP contribution in [0.15, 0.2) is 24.3 Å². The zero-order chi connectivity index (χ0) is 14.4. The van der Waals surface area contributed by atoms with Crippen molar-refractivity contribution in [2.24, 2.45) is 5.92 Å². The van der Waals surface area contributed by atoms with Gasteiger partial charge in [0.2, 0.25) is 5.91 Å². The Labute approximate surface area is 120 Å². The van der Waals surface area contributed by atoms with E-state index in [2.05, 4.69) is 10.2 Å². The van der Waals surface area contributed by atoms with E-state index in [1.165, 1.54) is 0 Å². The molecule has 1 amide bonds. The predicted molar refractivity (Wildman–Crippen MR) is 80.7 cm³/mol. The topological polar surface area (TPSA) is 52.6 Å². The van der Waals surface area contributed by atoms with Gasteiger partial charge in [0.1, 0.15) is 0 Å². The van der Waals surface area contributed by atoms with E-state index < -0.39 is 0 Å². The maximum atomic E-state index is 12.0. The maximum absolute atomic E-state index is 12.0. The normalized spacial score (nSPS) is 19.2. The molecule has 1 heterocycles. The lowest BCUT2D eigenvalue weighted by Crippen LogP contribution is -2.26. The fourth-order valence-corrected chi connectivity index (χ4v) is 2.72. The number of nitrogens with one attached hydrogen (secondary N) is 1. The van der Waals surface area contributed by atoms with Gasteiger partial charge in [0.25, 0.3) is 0 Å². The minimum Gasteiger partial charge on any atom is -0.396 e. The van der Waals surface area contributed by atoms with Crippen LogP contribution < -0.4 is 5.32 Å². The van der Waals surface area contributed by atoms with Crippen LogP contribution in [0.2, 0.25) is 0 Å². The molecule has 0 saturated carbocycles. The number of carbonyl (C=O) groups is 1. The first-order chi connectivity index (χ1) is 9.69. The fraction of sp³-hybridized carbons (Fsp3) is 0.562. The molecule has 4 nitrogen and oxygen atoms in total. The molecule has 1 atom stereocenters. The Morgan fingerprint density at radius 3 is 3.00 bits per heavy atom. The average Bonchev–Trinajstić information content (AvgIpc) is 2.87. The van der Waals surface area contributed by atoms with E-state index in [4.69, 9.17) is 5.11 Å². The molecule has 0 bridgehead atoms. The lowest BCUT2D eigenvalue weighted by atomic mass is 10.1. The SMILES string of the molecule is Cc1ccccc1NC(=O)CCN1CCC(CCO)C1. The molecule has 0 aromatic heterocycles. The molecular weight excluding hydrogens is 252 g/mol. The molecule has 2 N–H and O–H groups in total. The average molecular weight is 276 g/mol. The van der Waals surface area contributed by atoms with Crippen LogP contribution in [0.3, 0.4) is 0 Å².